The molecule has 12 nitrogen and oxygen atoms in total. The second-order valence-electron chi connectivity index (χ2n) is 12.0. The summed E-state index contributed by atoms with van der Waals surface area (Å²) in [5, 5.41) is 2.84. The van der Waals surface area contributed by atoms with E-state index in [2.05, 4.69) is 46.1 Å². The van der Waals surface area contributed by atoms with Crippen molar-refractivity contribution in [2.45, 2.75) is 46.1 Å². The Labute approximate surface area is 270 Å². The number of hydrogen-bond acceptors (Lipinski definition) is 8. The molecule has 2 amide bonds. The molecule has 13 heteroatoms. The Kier molecular flexibility index (Phi) is 9.88. The summed E-state index contributed by atoms with van der Waals surface area (Å²) in [6.07, 6.45) is 1.87. The van der Waals surface area contributed by atoms with Gasteiger partial charge in [-0.05, 0) is 63.9 Å². The van der Waals surface area contributed by atoms with Gasteiger partial charge in [-0.15, -0.1) is 0 Å². The van der Waals surface area contributed by atoms with Gasteiger partial charge >= 0.3 is 6.09 Å². The maximum atomic E-state index is 13.1. The van der Waals surface area contributed by atoms with Gasteiger partial charge in [-0.25, -0.2) is 14.8 Å². The maximum Gasteiger partial charge on any atom is 0.410 e. The topological polar surface area (TPSA) is 146 Å². The number of benzene rings is 2. The first-order valence-electron chi connectivity index (χ1n) is 14.9. The van der Waals surface area contributed by atoms with Crippen molar-refractivity contribution in [2.24, 2.45) is 0 Å². The number of ether oxygens (including phenoxy) is 2. The molecule has 0 unspecified atom stereocenters. The van der Waals surface area contributed by atoms with Crippen molar-refractivity contribution in [1.82, 2.24) is 29.7 Å². The average molecular weight is 681 g/mol. The fraction of sp³-hybridized carbons (Fsp3) is 0.406. The van der Waals surface area contributed by atoms with Crippen LogP contribution >= 0.6 is 15.9 Å². The van der Waals surface area contributed by atoms with Crippen LogP contribution in [0, 0.1) is 6.92 Å². The molecule has 5 rings (SSSR count). The Morgan fingerprint density at radius 2 is 1.84 bits per heavy atom. The zero-order valence-corrected chi connectivity index (χ0v) is 27.5. The van der Waals surface area contributed by atoms with Gasteiger partial charge in [0.25, 0.3) is 5.91 Å². The summed E-state index contributed by atoms with van der Waals surface area (Å²) in [5.41, 5.74) is 2.63. The molecular weight excluding hydrogens is 642 g/mol. The molecule has 2 aromatic heterocycles. The van der Waals surface area contributed by atoms with Crippen LogP contribution in [0.3, 0.4) is 0 Å². The van der Waals surface area contributed by atoms with Crippen LogP contribution in [0.1, 0.15) is 59.6 Å². The molecule has 3 heterocycles. The second kappa shape index (κ2) is 13.8. The van der Waals surface area contributed by atoms with E-state index in [1.807, 2.05) is 58.0 Å². The number of aryl methyl sites for hydroxylation is 1. The SMILES string of the molecule is Cc1ccc(Br)cc1NC(=O)c1[nH]cnc1C(=O)Cc1nc2ccc(OCCCN3CCN(C(=O)OC(C)(C)C)CC3)cc2[nH]1. The van der Waals surface area contributed by atoms with Gasteiger partial charge in [0, 0.05) is 49.0 Å². The summed E-state index contributed by atoms with van der Waals surface area (Å²) in [7, 11) is 0. The number of piperazine rings is 1. The lowest BCUT2D eigenvalue weighted by atomic mass is 10.1. The minimum atomic E-state index is -0.492. The largest absolute Gasteiger partial charge is 0.493 e. The third-order valence-electron chi connectivity index (χ3n) is 7.32. The number of aromatic amines is 2. The van der Waals surface area contributed by atoms with E-state index in [0.29, 0.717) is 42.5 Å². The van der Waals surface area contributed by atoms with E-state index < -0.39 is 11.5 Å². The Balaban J connectivity index is 1.10. The average Bonchev–Trinajstić information content (AvgIpc) is 3.64. The molecule has 45 heavy (non-hydrogen) atoms. The Morgan fingerprint density at radius 1 is 1.07 bits per heavy atom. The van der Waals surface area contributed by atoms with E-state index in [0.717, 1.165) is 41.6 Å². The molecule has 0 aliphatic carbocycles. The van der Waals surface area contributed by atoms with Crippen LogP contribution in [0.2, 0.25) is 0 Å². The van der Waals surface area contributed by atoms with Crippen molar-refractivity contribution < 1.29 is 23.9 Å². The smallest absolute Gasteiger partial charge is 0.410 e. The molecule has 1 aliphatic rings. The summed E-state index contributed by atoms with van der Waals surface area (Å²) >= 11 is 3.41. The van der Waals surface area contributed by atoms with Crippen molar-refractivity contribution in [3.05, 3.63) is 70.0 Å². The second-order valence-corrected chi connectivity index (χ2v) is 12.9. The number of aromatic nitrogens is 4. The highest BCUT2D eigenvalue weighted by Gasteiger charge is 2.26. The van der Waals surface area contributed by atoms with E-state index in [-0.39, 0.29) is 29.7 Å². The first kappa shape index (κ1) is 32.2. The van der Waals surface area contributed by atoms with Crippen LogP contribution < -0.4 is 10.1 Å². The van der Waals surface area contributed by atoms with E-state index in [9.17, 15) is 14.4 Å². The molecule has 1 saturated heterocycles. The first-order valence-corrected chi connectivity index (χ1v) is 15.7. The van der Waals surface area contributed by atoms with E-state index in [1.54, 1.807) is 11.0 Å². The summed E-state index contributed by atoms with van der Waals surface area (Å²) in [4.78, 5) is 57.1. The molecule has 1 fully saturated rings. The highest BCUT2D eigenvalue weighted by molar-refractivity contribution is 9.10. The lowest BCUT2D eigenvalue weighted by Crippen LogP contribution is -2.50. The number of nitrogens with one attached hydrogen (secondary N) is 3. The summed E-state index contributed by atoms with van der Waals surface area (Å²) in [6, 6.07) is 11.1. The molecule has 0 atom stereocenters. The molecular formula is C32H38BrN7O5. The molecule has 0 saturated carbocycles. The fourth-order valence-corrected chi connectivity index (χ4v) is 5.36. The third-order valence-corrected chi connectivity index (χ3v) is 7.81. The number of carbonyl (C=O) groups is 3. The van der Waals surface area contributed by atoms with E-state index in [1.165, 1.54) is 6.33 Å². The molecule has 4 aromatic rings. The Morgan fingerprint density at radius 3 is 2.60 bits per heavy atom. The predicted molar refractivity (Wildman–Crippen MR) is 174 cm³/mol. The van der Waals surface area contributed by atoms with Crippen LogP contribution in [0.25, 0.3) is 11.0 Å². The highest BCUT2D eigenvalue weighted by atomic mass is 79.9. The van der Waals surface area contributed by atoms with Crippen molar-refractivity contribution in [1.29, 1.82) is 0 Å². The maximum absolute atomic E-state index is 13.1. The number of nitrogens with zero attached hydrogens (tertiary/aromatic N) is 4. The van der Waals surface area contributed by atoms with Crippen molar-refractivity contribution in [3.63, 3.8) is 0 Å². The zero-order chi connectivity index (χ0) is 32.1. The molecule has 238 valence electrons. The number of rotatable bonds is 10. The van der Waals surface area contributed by atoms with Crippen LogP contribution in [0.5, 0.6) is 5.75 Å². The van der Waals surface area contributed by atoms with Crippen molar-refractivity contribution >= 4 is 50.4 Å². The zero-order valence-electron chi connectivity index (χ0n) is 25.9. The van der Waals surface area contributed by atoms with Crippen LogP contribution in [0.15, 0.2) is 47.2 Å². The number of fused-ring (bicyclic) bond motifs is 1. The number of H-pyrrole nitrogens is 2. The van der Waals surface area contributed by atoms with E-state index >= 15 is 0 Å². The number of Topliss-reactive ketones (excluding diaryl/α,β-unsaturated/α-hetero) is 1. The lowest BCUT2D eigenvalue weighted by molar-refractivity contribution is 0.0142. The summed E-state index contributed by atoms with van der Waals surface area (Å²) in [5.74, 6) is 0.379. The minimum Gasteiger partial charge on any atom is -0.493 e. The Bertz CT molecular complexity index is 1680. The molecule has 0 radical (unpaired) electrons. The van der Waals surface area contributed by atoms with Gasteiger partial charge in [0.2, 0.25) is 0 Å². The lowest BCUT2D eigenvalue weighted by Gasteiger charge is -2.35. The minimum absolute atomic E-state index is 0.0485. The number of amides is 2. The number of ketones is 1. The fourth-order valence-electron chi connectivity index (χ4n) is 5.00. The number of hydrogen-bond donors (Lipinski definition) is 3. The molecule has 0 spiro atoms. The molecule has 2 aromatic carbocycles. The third kappa shape index (κ3) is 8.49. The number of halogens is 1. The standard InChI is InChI=1S/C32H38BrN7O5/c1-20-6-7-21(33)16-24(20)38-30(42)29-28(34-19-35-29)26(41)18-27-36-23-9-8-22(17-25(23)37-27)44-15-5-10-39-11-13-40(14-12-39)31(43)45-32(2,3)4/h6-9,16-17,19H,5,10-15,18H2,1-4H3,(H,34,35)(H,36,37)(H,38,42). The van der Waals surface area contributed by atoms with Gasteiger partial charge in [0.15, 0.2) is 5.78 Å². The molecule has 3 N–H and O–H groups in total. The Hall–Kier alpha value is -4.23. The summed E-state index contributed by atoms with van der Waals surface area (Å²) in [6.45, 7) is 11.8. The molecule has 0 bridgehead atoms. The molecule has 1 aliphatic heterocycles. The predicted octanol–water partition coefficient (Wildman–Crippen LogP) is 5.36. The highest BCUT2D eigenvalue weighted by Crippen LogP contribution is 2.23. The monoisotopic (exact) mass is 679 g/mol. The quantitative estimate of drug-likeness (QED) is 0.150. The van der Waals surface area contributed by atoms with Gasteiger partial charge in [-0.1, -0.05) is 22.0 Å². The van der Waals surface area contributed by atoms with Crippen LogP contribution in [-0.4, -0.2) is 92.5 Å². The number of imidazole rings is 2. The summed E-state index contributed by atoms with van der Waals surface area (Å²) < 4.78 is 12.3. The van der Waals surface area contributed by atoms with E-state index in [4.69, 9.17) is 9.47 Å². The normalized spacial score (nSPS) is 14.0. The van der Waals surface area contributed by atoms with Crippen LogP contribution in [0.4, 0.5) is 10.5 Å². The van der Waals surface area contributed by atoms with Crippen molar-refractivity contribution in [2.75, 3.05) is 44.6 Å². The number of carbonyl (C=O) groups excluding carboxylic acids is 3. The van der Waals surface area contributed by atoms with Crippen molar-refractivity contribution in [3.8, 4) is 5.75 Å². The number of anilines is 1. The van der Waals surface area contributed by atoms with Gasteiger partial charge < -0.3 is 29.7 Å². The van der Waals surface area contributed by atoms with Gasteiger partial charge in [0.05, 0.1) is 30.4 Å². The van der Waals surface area contributed by atoms with Crippen LogP contribution in [-0.2, 0) is 11.2 Å². The first-order chi connectivity index (χ1) is 21.4. The van der Waals surface area contributed by atoms with Gasteiger partial charge in [-0.2, -0.15) is 0 Å². The van der Waals surface area contributed by atoms with Gasteiger partial charge in [0.1, 0.15) is 28.6 Å². The van der Waals surface area contributed by atoms with Gasteiger partial charge in [-0.3, -0.25) is 14.5 Å².